The van der Waals surface area contributed by atoms with E-state index >= 15 is 0 Å². The molecule has 0 heterocycles. The molecular formula is C12H24N2O4. The Morgan fingerprint density at radius 1 is 1.39 bits per heavy atom. The van der Waals surface area contributed by atoms with Gasteiger partial charge in [0.1, 0.15) is 0 Å². The van der Waals surface area contributed by atoms with Crippen molar-refractivity contribution in [3.05, 3.63) is 0 Å². The van der Waals surface area contributed by atoms with Gasteiger partial charge in [-0.25, -0.2) is 4.79 Å². The molecule has 0 aliphatic rings. The minimum atomic E-state index is -0.891. The van der Waals surface area contributed by atoms with E-state index in [1.807, 2.05) is 13.8 Å². The normalized spacial score (nSPS) is 11.9. The largest absolute Gasteiger partial charge is 0.481 e. The Kier molecular flexibility index (Phi) is 9.00. The number of hydrogen-bond acceptors (Lipinski definition) is 3. The van der Waals surface area contributed by atoms with Gasteiger partial charge in [-0.2, -0.15) is 0 Å². The third-order valence-corrected chi connectivity index (χ3v) is 2.53. The van der Waals surface area contributed by atoms with Gasteiger partial charge < -0.3 is 20.1 Å². The number of nitrogens with zero attached hydrogens (tertiary/aromatic N) is 1. The molecule has 106 valence electrons. The Balaban J connectivity index is 3.92. The molecule has 1 atom stereocenters. The zero-order valence-corrected chi connectivity index (χ0v) is 11.4. The van der Waals surface area contributed by atoms with Crippen LogP contribution < -0.4 is 5.32 Å². The second-order valence-corrected chi connectivity index (χ2v) is 4.06. The first kappa shape index (κ1) is 16.7. The number of amides is 2. The molecular weight excluding hydrogens is 236 g/mol. The number of rotatable bonds is 9. The Bertz CT molecular complexity index is 258. The highest BCUT2D eigenvalue weighted by Gasteiger charge is 2.18. The minimum Gasteiger partial charge on any atom is -0.481 e. The average Bonchev–Trinajstić information content (AvgIpc) is 2.34. The van der Waals surface area contributed by atoms with Gasteiger partial charge in [-0.3, -0.25) is 4.79 Å². The second kappa shape index (κ2) is 9.70. The van der Waals surface area contributed by atoms with Crippen molar-refractivity contribution in [1.82, 2.24) is 10.2 Å². The maximum Gasteiger partial charge on any atom is 0.317 e. The van der Waals surface area contributed by atoms with Crippen LogP contribution in [0.3, 0.4) is 0 Å². The predicted octanol–water partition coefficient (Wildman–Crippen LogP) is 1.17. The third kappa shape index (κ3) is 7.11. The summed E-state index contributed by atoms with van der Waals surface area (Å²) < 4.78 is 5.16. The lowest BCUT2D eigenvalue weighted by atomic mass is 10.2. The molecule has 2 N–H and O–H groups in total. The number of ether oxygens (including phenoxy) is 1. The third-order valence-electron chi connectivity index (χ3n) is 2.53. The predicted molar refractivity (Wildman–Crippen MR) is 68.6 cm³/mol. The summed E-state index contributed by atoms with van der Waals surface area (Å²) in [5.41, 5.74) is 0. The van der Waals surface area contributed by atoms with Crippen LogP contribution in [-0.4, -0.2) is 54.9 Å². The van der Waals surface area contributed by atoms with E-state index < -0.39 is 11.9 Å². The van der Waals surface area contributed by atoms with E-state index in [1.165, 1.54) is 4.90 Å². The summed E-state index contributed by atoms with van der Waals surface area (Å²) in [5.74, 6) is -1.45. The van der Waals surface area contributed by atoms with E-state index in [1.54, 1.807) is 6.92 Å². The minimum absolute atomic E-state index is 0.220. The molecule has 6 heteroatoms. The molecule has 6 nitrogen and oxygen atoms in total. The lowest BCUT2D eigenvalue weighted by molar-refractivity contribution is -0.141. The first-order valence-electron chi connectivity index (χ1n) is 6.36. The lowest BCUT2D eigenvalue weighted by Crippen LogP contribution is -2.43. The molecule has 0 aromatic heterocycles. The Labute approximate surface area is 108 Å². The van der Waals surface area contributed by atoms with E-state index in [0.717, 1.165) is 6.42 Å². The molecule has 0 spiro atoms. The van der Waals surface area contributed by atoms with E-state index in [-0.39, 0.29) is 12.6 Å². The molecule has 0 aromatic carbocycles. The highest BCUT2D eigenvalue weighted by Crippen LogP contribution is 2.00. The van der Waals surface area contributed by atoms with Crippen molar-refractivity contribution < 1.29 is 19.4 Å². The van der Waals surface area contributed by atoms with Crippen molar-refractivity contribution in [2.45, 2.75) is 27.2 Å². The van der Waals surface area contributed by atoms with Gasteiger partial charge in [-0.15, -0.1) is 0 Å². The molecule has 0 rings (SSSR count). The Hall–Kier alpha value is -1.30. The van der Waals surface area contributed by atoms with Gasteiger partial charge in [-0.05, 0) is 20.3 Å². The van der Waals surface area contributed by atoms with E-state index in [4.69, 9.17) is 9.84 Å². The van der Waals surface area contributed by atoms with Crippen molar-refractivity contribution >= 4 is 12.0 Å². The topological polar surface area (TPSA) is 78.9 Å². The molecule has 0 aliphatic carbocycles. The summed E-state index contributed by atoms with van der Waals surface area (Å²) in [7, 11) is 0. The fraction of sp³-hybridized carbons (Fsp3) is 0.833. The fourth-order valence-corrected chi connectivity index (χ4v) is 1.39. The number of carboxylic acids is 1. The molecule has 0 aromatic rings. The van der Waals surface area contributed by atoms with Crippen LogP contribution in [-0.2, 0) is 9.53 Å². The fourth-order valence-electron chi connectivity index (χ4n) is 1.39. The van der Waals surface area contributed by atoms with Gasteiger partial charge in [0.25, 0.3) is 0 Å². The van der Waals surface area contributed by atoms with Crippen molar-refractivity contribution in [3.8, 4) is 0 Å². The van der Waals surface area contributed by atoms with Gasteiger partial charge in [-0.1, -0.05) is 6.92 Å². The zero-order valence-electron chi connectivity index (χ0n) is 11.4. The molecule has 0 aliphatic heterocycles. The molecule has 1 unspecified atom stereocenters. The van der Waals surface area contributed by atoms with Crippen LogP contribution in [0.25, 0.3) is 0 Å². The summed E-state index contributed by atoms with van der Waals surface area (Å²) in [6.45, 7) is 7.89. The SMILES string of the molecule is CCOCCCNC(=O)N(CC)CC(C)C(=O)O. The van der Waals surface area contributed by atoms with E-state index in [9.17, 15) is 9.59 Å². The van der Waals surface area contributed by atoms with Crippen LogP contribution in [0, 0.1) is 5.92 Å². The van der Waals surface area contributed by atoms with Crippen molar-refractivity contribution in [1.29, 1.82) is 0 Å². The van der Waals surface area contributed by atoms with Gasteiger partial charge in [0.15, 0.2) is 0 Å². The molecule has 18 heavy (non-hydrogen) atoms. The summed E-state index contributed by atoms with van der Waals surface area (Å²) in [6, 6.07) is -0.220. The Morgan fingerprint density at radius 2 is 2.06 bits per heavy atom. The number of carbonyl (C=O) groups is 2. The van der Waals surface area contributed by atoms with Crippen molar-refractivity contribution in [2.24, 2.45) is 5.92 Å². The first-order chi connectivity index (χ1) is 8.52. The van der Waals surface area contributed by atoms with E-state index in [2.05, 4.69) is 5.32 Å². The summed E-state index contributed by atoms with van der Waals surface area (Å²) in [5, 5.41) is 11.6. The molecule has 0 radical (unpaired) electrons. The summed E-state index contributed by atoms with van der Waals surface area (Å²) in [6.07, 6.45) is 0.756. The maximum atomic E-state index is 11.7. The maximum absolute atomic E-state index is 11.7. The molecule has 0 saturated carbocycles. The van der Waals surface area contributed by atoms with Crippen LogP contribution in [0.15, 0.2) is 0 Å². The highest BCUT2D eigenvalue weighted by atomic mass is 16.5. The van der Waals surface area contributed by atoms with Crippen LogP contribution >= 0.6 is 0 Å². The number of nitrogens with one attached hydrogen (secondary N) is 1. The lowest BCUT2D eigenvalue weighted by Gasteiger charge is -2.23. The van der Waals surface area contributed by atoms with Crippen LogP contribution in [0.4, 0.5) is 4.79 Å². The molecule has 2 amide bonds. The van der Waals surface area contributed by atoms with Gasteiger partial charge in [0, 0.05) is 32.8 Å². The van der Waals surface area contributed by atoms with Crippen LogP contribution in [0.1, 0.15) is 27.2 Å². The van der Waals surface area contributed by atoms with Gasteiger partial charge >= 0.3 is 12.0 Å². The summed E-state index contributed by atoms with van der Waals surface area (Å²) in [4.78, 5) is 24.0. The quantitative estimate of drug-likeness (QED) is 0.610. The molecule has 0 bridgehead atoms. The average molecular weight is 260 g/mol. The molecule has 0 fully saturated rings. The van der Waals surface area contributed by atoms with Crippen LogP contribution in [0.2, 0.25) is 0 Å². The number of hydrogen-bond donors (Lipinski definition) is 2. The zero-order chi connectivity index (χ0) is 14.0. The number of carboxylic acid groups (broad SMARTS) is 1. The van der Waals surface area contributed by atoms with Crippen LogP contribution in [0.5, 0.6) is 0 Å². The Morgan fingerprint density at radius 3 is 2.56 bits per heavy atom. The van der Waals surface area contributed by atoms with Gasteiger partial charge in [0.05, 0.1) is 5.92 Å². The molecule has 0 saturated heterocycles. The number of carbonyl (C=O) groups excluding carboxylic acids is 1. The second-order valence-electron chi connectivity index (χ2n) is 4.06. The number of urea groups is 1. The number of aliphatic carboxylic acids is 1. The smallest absolute Gasteiger partial charge is 0.317 e. The van der Waals surface area contributed by atoms with Crippen molar-refractivity contribution in [3.63, 3.8) is 0 Å². The summed E-state index contributed by atoms with van der Waals surface area (Å²) >= 11 is 0. The monoisotopic (exact) mass is 260 g/mol. The van der Waals surface area contributed by atoms with E-state index in [0.29, 0.717) is 26.3 Å². The standard InChI is InChI=1S/C12H24N2O4/c1-4-14(9-10(3)11(15)16)12(17)13-7-6-8-18-5-2/h10H,4-9H2,1-3H3,(H,13,17)(H,15,16). The van der Waals surface area contributed by atoms with Gasteiger partial charge in [0.2, 0.25) is 0 Å². The highest BCUT2D eigenvalue weighted by molar-refractivity contribution is 5.75. The van der Waals surface area contributed by atoms with Crippen molar-refractivity contribution in [2.75, 3.05) is 32.8 Å². The first-order valence-corrected chi connectivity index (χ1v) is 6.36.